The molecule has 12 heavy (non-hydrogen) atoms. The van der Waals surface area contributed by atoms with Crippen LogP contribution in [0, 0.1) is 5.41 Å². The number of nitrogens with zero attached hydrogens (tertiary/aromatic N) is 1. The zero-order chi connectivity index (χ0) is 9.03. The molecule has 0 spiro atoms. The van der Waals surface area contributed by atoms with Crippen molar-refractivity contribution in [1.82, 2.24) is 5.43 Å². The SMILES string of the molecule is CCCC1CC(C)(C)CC=NN1. The second kappa shape index (κ2) is 3.92. The van der Waals surface area contributed by atoms with E-state index in [1.54, 1.807) is 0 Å². The maximum atomic E-state index is 4.19. The maximum Gasteiger partial charge on any atom is 0.0445 e. The van der Waals surface area contributed by atoms with E-state index in [1.807, 2.05) is 6.21 Å². The third kappa shape index (κ3) is 2.84. The van der Waals surface area contributed by atoms with Crippen LogP contribution in [0.15, 0.2) is 5.10 Å². The molecule has 1 N–H and O–H groups in total. The summed E-state index contributed by atoms with van der Waals surface area (Å²) in [6.45, 7) is 6.85. The van der Waals surface area contributed by atoms with Crippen molar-refractivity contribution in [2.75, 3.05) is 0 Å². The molecular formula is C10H20N2. The summed E-state index contributed by atoms with van der Waals surface area (Å²) in [5, 5.41) is 4.19. The van der Waals surface area contributed by atoms with Gasteiger partial charge < -0.3 is 5.43 Å². The largest absolute Gasteiger partial charge is 0.307 e. The van der Waals surface area contributed by atoms with E-state index in [9.17, 15) is 0 Å². The molecule has 1 unspecified atom stereocenters. The first-order chi connectivity index (χ1) is 5.64. The molecule has 0 saturated heterocycles. The third-order valence-electron chi connectivity index (χ3n) is 2.43. The van der Waals surface area contributed by atoms with E-state index in [-0.39, 0.29) is 0 Å². The van der Waals surface area contributed by atoms with Gasteiger partial charge in [-0.15, -0.1) is 0 Å². The molecule has 2 nitrogen and oxygen atoms in total. The van der Waals surface area contributed by atoms with Crippen molar-refractivity contribution in [3.05, 3.63) is 0 Å². The lowest BCUT2D eigenvalue weighted by Gasteiger charge is -2.25. The lowest BCUT2D eigenvalue weighted by Crippen LogP contribution is -2.27. The molecule has 0 bridgehead atoms. The zero-order valence-corrected chi connectivity index (χ0v) is 8.43. The standard InChI is InChI=1S/C10H20N2/c1-4-5-9-8-10(2,3)6-7-11-12-9/h7,9,12H,4-6,8H2,1-3H3. The predicted molar refractivity (Wildman–Crippen MR) is 53.3 cm³/mol. The smallest absolute Gasteiger partial charge is 0.0445 e. The van der Waals surface area contributed by atoms with Crippen molar-refractivity contribution < 1.29 is 0 Å². The summed E-state index contributed by atoms with van der Waals surface area (Å²) >= 11 is 0. The summed E-state index contributed by atoms with van der Waals surface area (Å²) in [4.78, 5) is 0. The van der Waals surface area contributed by atoms with E-state index >= 15 is 0 Å². The van der Waals surface area contributed by atoms with E-state index in [0.29, 0.717) is 11.5 Å². The number of rotatable bonds is 2. The number of nitrogens with one attached hydrogen (secondary N) is 1. The van der Waals surface area contributed by atoms with Gasteiger partial charge in [0.05, 0.1) is 0 Å². The minimum absolute atomic E-state index is 0.423. The van der Waals surface area contributed by atoms with Gasteiger partial charge in [-0.1, -0.05) is 27.2 Å². The number of hydrogen-bond donors (Lipinski definition) is 1. The van der Waals surface area contributed by atoms with Crippen LogP contribution in [0.25, 0.3) is 0 Å². The van der Waals surface area contributed by atoms with Crippen LogP contribution in [0.4, 0.5) is 0 Å². The van der Waals surface area contributed by atoms with E-state index in [1.165, 1.54) is 19.3 Å². The van der Waals surface area contributed by atoms with Crippen LogP contribution >= 0.6 is 0 Å². The summed E-state index contributed by atoms with van der Waals surface area (Å²) in [6.07, 6.45) is 6.82. The van der Waals surface area contributed by atoms with Gasteiger partial charge in [-0.3, -0.25) is 0 Å². The lowest BCUT2D eigenvalue weighted by molar-refractivity contribution is 0.295. The summed E-state index contributed by atoms with van der Waals surface area (Å²) < 4.78 is 0. The van der Waals surface area contributed by atoms with Gasteiger partial charge in [-0.25, -0.2) is 0 Å². The second-order valence-electron chi connectivity index (χ2n) is 4.50. The highest BCUT2D eigenvalue weighted by Crippen LogP contribution is 2.28. The number of hydrogen-bond acceptors (Lipinski definition) is 2. The quantitative estimate of drug-likeness (QED) is 0.673. The molecule has 1 aliphatic rings. The highest BCUT2D eigenvalue weighted by atomic mass is 15.3. The van der Waals surface area contributed by atoms with Gasteiger partial charge in [0.1, 0.15) is 0 Å². The van der Waals surface area contributed by atoms with Crippen LogP contribution < -0.4 is 5.43 Å². The lowest BCUT2D eigenvalue weighted by atomic mass is 9.82. The van der Waals surface area contributed by atoms with Crippen LogP contribution in [0.3, 0.4) is 0 Å². The van der Waals surface area contributed by atoms with Gasteiger partial charge >= 0.3 is 0 Å². The van der Waals surface area contributed by atoms with Gasteiger partial charge in [0, 0.05) is 12.3 Å². The highest BCUT2D eigenvalue weighted by Gasteiger charge is 2.23. The predicted octanol–water partition coefficient (Wildman–Crippen LogP) is 2.55. The third-order valence-corrected chi connectivity index (χ3v) is 2.43. The Kier molecular flexibility index (Phi) is 3.12. The fourth-order valence-electron chi connectivity index (χ4n) is 1.76. The van der Waals surface area contributed by atoms with E-state index < -0.39 is 0 Å². The topological polar surface area (TPSA) is 24.4 Å². The van der Waals surface area contributed by atoms with Gasteiger partial charge in [0.2, 0.25) is 0 Å². The maximum absolute atomic E-state index is 4.19. The first-order valence-electron chi connectivity index (χ1n) is 4.91. The Hall–Kier alpha value is -0.530. The molecule has 0 aromatic rings. The van der Waals surface area contributed by atoms with Crippen molar-refractivity contribution >= 4 is 6.21 Å². The van der Waals surface area contributed by atoms with Gasteiger partial charge in [-0.2, -0.15) is 5.10 Å². The Morgan fingerprint density at radius 2 is 2.33 bits per heavy atom. The Balaban J connectivity index is 2.50. The van der Waals surface area contributed by atoms with Crippen LogP contribution in [-0.2, 0) is 0 Å². The molecule has 0 radical (unpaired) electrons. The molecule has 0 saturated carbocycles. The van der Waals surface area contributed by atoms with Crippen LogP contribution in [0.1, 0.15) is 46.5 Å². The molecule has 1 atom stereocenters. The second-order valence-corrected chi connectivity index (χ2v) is 4.50. The summed E-state index contributed by atoms with van der Waals surface area (Å²) in [5.41, 5.74) is 3.63. The fraction of sp³-hybridized carbons (Fsp3) is 0.900. The van der Waals surface area contributed by atoms with Crippen molar-refractivity contribution in [2.24, 2.45) is 10.5 Å². The van der Waals surface area contributed by atoms with Crippen LogP contribution in [-0.4, -0.2) is 12.3 Å². The van der Waals surface area contributed by atoms with Crippen molar-refractivity contribution in [3.8, 4) is 0 Å². The van der Waals surface area contributed by atoms with Gasteiger partial charge in [-0.05, 0) is 24.7 Å². The van der Waals surface area contributed by atoms with Crippen molar-refractivity contribution in [1.29, 1.82) is 0 Å². The molecule has 70 valence electrons. The van der Waals surface area contributed by atoms with Crippen molar-refractivity contribution in [3.63, 3.8) is 0 Å². The molecule has 0 aromatic heterocycles. The molecule has 1 aliphatic heterocycles. The average molecular weight is 168 g/mol. The fourth-order valence-corrected chi connectivity index (χ4v) is 1.76. The Labute approximate surface area is 75.4 Å². The Morgan fingerprint density at radius 1 is 1.58 bits per heavy atom. The zero-order valence-electron chi connectivity index (χ0n) is 8.43. The first kappa shape index (κ1) is 9.56. The van der Waals surface area contributed by atoms with E-state index in [4.69, 9.17) is 0 Å². The minimum atomic E-state index is 0.423. The summed E-state index contributed by atoms with van der Waals surface area (Å²) in [7, 11) is 0. The van der Waals surface area contributed by atoms with Gasteiger partial charge in [0.25, 0.3) is 0 Å². The van der Waals surface area contributed by atoms with Crippen LogP contribution in [0.5, 0.6) is 0 Å². The molecule has 1 rings (SSSR count). The summed E-state index contributed by atoms with van der Waals surface area (Å²) in [5.74, 6) is 0. The average Bonchev–Trinajstić information content (AvgIpc) is 2.11. The number of hydrazone groups is 1. The molecule has 0 fully saturated rings. The summed E-state index contributed by atoms with van der Waals surface area (Å²) in [6, 6.07) is 0.587. The molecule has 0 aliphatic carbocycles. The van der Waals surface area contributed by atoms with Crippen LogP contribution in [0.2, 0.25) is 0 Å². The minimum Gasteiger partial charge on any atom is -0.307 e. The van der Waals surface area contributed by atoms with Crippen molar-refractivity contribution in [2.45, 2.75) is 52.5 Å². The Bertz CT molecular complexity index is 161. The van der Waals surface area contributed by atoms with Gasteiger partial charge in [0.15, 0.2) is 0 Å². The molecule has 0 aromatic carbocycles. The van der Waals surface area contributed by atoms with E-state index in [0.717, 1.165) is 6.42 Å². The molecule has 0 amide bonds. The molecule has 2 heteroatoms. The molecule has 1 heterocycles. The highest BCUT2D eigenvalue weighted by molar-refractivity contribution is 5.58. The Morgan fingerprint density at radius 3 is 3.00 bits per heavy atom. The molecular weight excluding hydrogens is 148 g/mol. The normalized spacial score (nSPS) is 27.8. The first-order valence-corrected chi connectivity index (χ1v) is 4.91. The van der Waals surface area contributed by atoms with E-state index in [2.05, 4.69) is 31.3 Å². The monoisotopic (exact) mass is 168 g/mol.